The van der Waals surface area contributed by atoms with Gasteiger partial charge in [0.15, 0.2) is 0 Å². The molecule has 2 heterocycles. The van der Waals surface area contributed by atoms with Crippen molar-refractivity contribution >= 4 is 11.6 Å². The Morgan fingerprint density at radius 1 is 1.33 bits per heavy atom. The summed E-state index contributed by atoms with van der Waals surface area (Å²) in [5.74, 6) is 0.684. The molecule has 1 aliphatic heterocycles. The number of hydrogen-bond acceptors (Lipinski definition) is 3. The average molecular weight is 287 g/mol. The van der Waals surface area contributed by atoms with Gasteiger partial charge < -0.3 is 10.2 Å². The van der Waals surface area contributed by atoms with Crippen molar-refractivity contribution in [1.82, 2.24) is 9.88 Å². The van der Waals surface area contributed by atoms with E-state index in [-0.39, 0.29) is 5.41 Å². The molecule has 0 unspecified atom stereocenters. The molecule has 2 fully saturated rings. The number of carbonyl (C=O) groups is 1. The van der Waals surface area contributed by atoms with Crippen LogP contribution >= 0.6 is 0 Å². The Hall–Kier alpha value is -1.58. The first-order chi connectivity index (χ1) is 9.93. The van der Waals surface area contributed by atoms with Gasteiger partial charge in [-0.05, 0) is 25.0 Å². The van der Waals surface area contributed by atoms with E-state index < -0.39 is 0 Å². The second-order valence-electron chi connectivity index (χ2n) is 7.39. The lowest BCUT2D eigenvalue weighted by Gasteiger charge is -2.43. The van der Waals surface area contributed by atoms with Gasteiger partial charge in [-0.2, -0.15) is 0 Å². The Kier molecular flexibility index (Phi) is 3.64. The van der Waals surface area contributed by atoms with Gasteiger partial charge in [-0.25, -0.2) is 0 Å². The van der Waals surface area contributed by atoms with E-state index in [0.29, 0.717) is 17.9 Å². The number of nitrogens with zero attached hydrogens (tertiary/aromatic N) is 2. The highest BCUT2D eigenvalue weighted by Crippen LogP contribution is 2.30. The standard InChI is InChI=1S/C17H25N3O/c1-17(2,3)15-9-13(7-8-18-15)19-14-10-20(11-14)16(21)12-5-4-6-12/h7-9,12,14H,4-6,10-11H2,1-3H3,(H,18,19). The van der Waals surface area contributed by atoms with Gasteiger partial charge in [-0.1, -0.05) is 27.2 Å². The molecule has 0 radical (unpaired) electrons. The van der Waals surface area contributed by atoms with Crippen LogP contribution in [0.3, 0.4) is 0 Å². The number of pyridine rings is 1. The minimum atomic E-state index is 0.0591. The summed E-state index contributed by atoms with van der Waals surface area (Å²) in [6.07, 6.45) is 5.26. The Morgan fingerprint density at radius 3 is 2.62 bits per heavy atom. The maximum Gasteiger partial charge on any atom is 0.225 e. The van der Waals surface area contributed by atoms with E-state index in [2.05, 4.69) is 37.1 Å². The summed E-state index contributed by atoms with van der Waals surface area (Å²) < 4.78 is 0. The number of rotatable bonds is 3. The van der Waals surface area contributed by atoms with Gasteiger partial charge in [0.25, 0.3) is 0 Å². The molecule has 0 bridgehead atoms. The normalized spacial score (nSPS) is 19.9. The summed E-state index contributed by atoms with van der Waals surface area (Å²) in [5.41, 5.74) is 2.26. The van der Waals surface area contributed by atoms with E-state index in [4.69, 9.17) is 0 Å². The van der Waals surface area contributed by atoms with Crippen LogP contribution in [-0.2, 0) is 10.2 Å². The van der Waals surface area contributed by atoms with Crippen LogP contribution < -0.4 is 5.32 Å². The first-order valence-electron chi connectivity index (χ1n) is 7.95. The Balaban J connectivity index is 1.53. The van der Waals surface area contributed by atoms with Gasteiger partial charge >= 0.3 is 0 Å². The summed E-state index contributed by atoms with van der Waals surface area (Å²) in [6, 6.07) is 4.51. The lowest BCUT2D eigenvalue weighted by atomic mass is 9.83. The number of amides is 1. The van der Waals surface area contributed by atoms with Crippen molar-refractivity contribution in [3.63, 3.8) is 0 Å². The highest BCUT2D eigenvalue weighted by Gasteiger charge is 2.36. The van der Waals surface area contributed by atoms with Gasteiger partial charge in [0, 0.05) is 42.0 Å². The highest BCUT2D eigenvalue weighted by atomic mass is 16.2. The molecule has 1 saturated heterocycles. The highest BCUT2D eigenvalue weighted by molar-refractivity contribution is 5.80. The molecule has 1 aromatic rings. The SMILES string of the molecule is CC(C)(C)c1cc(NC2CN(C(=O)C3CCC3)C2)ccn1. The number of likely N-dealkylation sites (tertiary alicyclic amines) is 1. The number of aromatic nitrogens is 1. The molecule has 1 saturated carbocycles. The van der Waals surface area contributed by atoms with Crippen LogP contribution in [0.5, 0.6) is 0 Å². The van der Waals surface area contributed by atoms with Crippen LogP contribution in [0.1, 0.15) is 45.7 Å². The molecular weight excluding hydrogens is 262 g/mol. The van der Waals surface area contributed by atoms with E-state index in [1.54, 1.807) is 0 Å². The summed E-state index contributed by atoms with van der Waals surface area (Å²) in [5, 5.41) is 3.52. The summed E-state index contributed by atoms with van der Waals surface area (Å²) in [6.45, 7) is 8.18. The molecule has 1 amide bonds. The number of anilines is 1. The van der Waals surface area contributed by atoms with E-state index in [9.17, 15) is 4.79 Å². The molecule has 2 aliphatic rings. The number of nitrogens with one attached hydrogen (secondary N) is 1. The third kappa shape index (κ3) is 3.04. The fourth-order valence-corrected chi connectivity index (χ4v) is 2.83. The van der Waals surface area contributed by atoms with Crippen LogP contribution in [0.4, 0.5) is 5.69 Å². The summed E-state index contributed by atoms with van der Waals surface area (Å²) >= 11 is 0. The van der Waals surface area contributed by atoms with Crippen molar-refractivity contribution in [2.45, 2.75) is 51.5 Å². The van der Waals surface area contributed by atoms with Gasteiger partial charge in [0.05, 0.1) is 6.04 Å². The minimum Gasteiger partial charge on any atom is -0.379 e. The third-order valence-electron chi connectivity index (χ3n) is 4.55. The van der Waals surface area contributed by atoms with Gasteiger partial charge in [-0.15, -0.1) is 0 Å². The Morgan fingerprint density at radius 2 is 2.05 bits per heavy atom. The van der Waals surface area contributed by atoms with Gasteiger partial charge in [-0.3, -0.25) is 9.78 Å². The zero-order chi connectivity index (χ0) is 15.0. The van der Waals surface area contributed by atoms with Crippen LogP contribution in [0.25, 0.3) is 0 Å². The van der Waals surface area contributed by atoms with Gasteiger partial charge in [0.1, 0.15) is 0 Å². The molecule has 4 nitrogen and oxygen atoms in total. The molecule has 0 atom stereocenters. The van der Waals surface area contributed by atoms with Crippen molar-refractivity contribution in [2.24, 2.45) is 5.92 Å². The molecular formula is C17H25N3O. The lowest BCUT2D eigenvalue weighted by molar-refractivity contribution is -0.142. The predicted octanol–water partition coefficient (Wildman–Crippen LogP) is 2.80. The first kappa shape index (κ1) is 14.4. The fourth-order valence-electron chi connectivity index (χ4n) is 2.83. The summed E-state index contributed by atoms with van der Waals surface area (Å²) in [4.78, 5) is 18.5. The van der Waals surface area contributed by atoms with E-state index in [1.165, 1.54) is 6.42 Å². The molecule has 4 heteroatoms. The first-order valence-corrected chi connectivity index (χ1v) is 7.95. The largest absolute Gasteiger partial charge is 0.379 e. The van der Waals surface area contributed by atoms with Gasteiger partial charge in [0.2, 0.25) is 5.91 Å². The van der Waals surface area contributed by atoms with Crippen molar-refractivity contribution in [3.05, 3.63) is 24.0 Å². The Bertz CT molecular complexity index is 525. The average Bonchev–Trinajstić information content (AvgIpc) is 2.30. The maximum atomic E-state index is 12.1. The quantitative estimate of drug-likeness (QED) is 0.930. The van der Waals surface area contributed by atoms with Crippen molar-refractivity contribution in [3.8, 4) is 0 Å². The minimum absolute atomic E-state index is 0.0591. The van der Waals surface area contributed by atoms with Crippen LogP contribution in [-0.4, -0.2) is 34.9 Å². The predicted molar refractivity (Wildman–Crippen MR) is 84.3 cm³/mol. The Labute approximate surface area is 126 Å². The third-order valence-corrected chi connectivity index (χ3v) is 4.55. The van der Waals surface area contributed by atoms with Crippen LogP contribution in [0, 0.1) is 5.92 Å². The second kappa shape index (κ2) is 5.32. The smallest absolute Gasteiger partial charge is 0.225 e. The monoisotopic (exact) mass is 287 g/mol. The fraction of sp³-hybridized carbons (Fsp3) is 0.647. The van der Waals surface area contributed by atoms with E-state index in [1.807, 2.05) is 17.2 Å². The second-order valence-corrected chi connectivity index (χ2v) is 7.39. The van der Waals surface area contributed by atoms with Crippen molar-refractivity contribution < 1.29 is 4.79 Å². The van der Waals surface area contributed by atoms with Crippen molar-refractivity contribution in [1.29, 1.82) is 0 Å². The van der Waals surface area contributed by atoms with Crippen LogP contribution in [0.2, 0.25) is 0 Å². The zero-order valence-electron chi connectivity index (χ0n) is 13.2. The lowest BCUT2D eigenvalue weighted by Crippen LogP contribution is -2.58. The summed E-state index contributed by atoms with van der Waals surface area (Å²) in [7, 11) is 0. The van der Waals surface area contributed by atoms with E-state index >= 15 is 0 Å². The van der Waals surface area contributed by atoms with Crippen molar-refractivity contribution in [2.75, 3.05) is 18.4 Å². The topological polar surface area (TPSA) is 45.2 Å². The number of carbonyl (C=O) groups excluding carboxylic acids is 1. The molecule has 3 rings (SSSR count). The molecule has 0 aromatic carbocycles. The molecule has 1 N–H and O–H groups in total. The van der Waals surface area contributed by atoms with E-state index in [0.717, 1.165) is 37.3 Å². The molecule has 1 aromatic heterocycles. The van der Waals surface area contributed by atoms with Crippen LogP contribution in [0.15, 0.2) is 18.3 Å². The zero-order valence-corrected chi connectivity index (χ0v) is 13.2. The number of hydrogen-bond donors (Lipinski definition) is 1. The molecule has 1 aliphatic carbocycles. The maximum absolute atomic E-state index is 12.1. The molecule has 114 valence electrons. The molecule has 21 heavy (non-hydrogen) atoms. The molecule has 0 spiro atoms.